The molecule has 0 bridgehead atoms. The van der Waals surface area contributed by atoms with Crippen LogP contribution in [-0.4, -0.2) is 30.2 Å². The third-order valence-electron chi connectivity index (χ3n) is 5.73. The van der Waals surface area contributed by atoms with Gasteiger partial charge in [-0.2, -0.15) is 0 Å². The van der Waals surface area contributed by atoms with E-state index in [1.54, 1.807) is 0 Å². The highest BCUT2D eigenvalue weighted by molar-refractivity contribution is 5.27. The second-order valence-electron chi connectivity index (χ2n) is 8.85. The highest BCUT2D eigenvalue weighted by Gasteiger charge is 2.38. The SMILES string of the molecule is CC1CCOC2(CCN(Cc3ccc(C(C)(C)C)cc3)CC2)C1. The average Bonchev–Trinajstić information content (AvgIpc) is 2.49. The first-order valence-electron chi connectivity index (χ1n) is 9.32. The predicted molar refractivity (Wildman–Crippen MR) is 96.7 cm³/mol. The van der Waals surface area contributed by atoms with Gasteiger partial charge in [0.25, 0.3) is 0 Å². The summed E-state index contributed by atoms with van der Waals surface area (Å²) in [5, 5.41) is 0. The molecule has 1 spiro atoms. The lowest BCUT2D eigenvalue weighted by Crippen LogP contribution is -2.48. The van der Waals surface area contributed by atoms with E-state index in [1.807, 2.05) is 0 Å². The second kappa shape index (κ2) is 6.57. The van der Waals surface area contributed by atoms with Crippen molar-refractivity contribution in [3.8, 4) is 0 Å². The van der Waals surface area contributed by atoms with Crippen LogP contribution in [0.4, 0.5) is 0 Å². The summed E-state index contributed by atoms with van der Waals surface area (Å²) < 4.78 is 6.20. The molecule has 2 nitrogen and oxygen atoms in total. The largest absolute Gasteiger partial charge is 0.375 e. The molecule has 1 aromatic carbocycles. The Hall–Kier alpha value is -0.860. The molecule has 2 aliphatic heterocycles. The van der Waals surface area contributed by atoms with Gasteiger partial charge < -0.3 is 4.74 Å². The zero-order valence-corrected chi connectivity index (χ0v) is 15.4. The maximum absolute atomic E-state index is 6.20. The van der Waals surface area contributed by atoms with Gasteiger partial charge in [-0.25, -0.2) is 0 Å². The van der Waals surface area contributed by atoms with Crippen molar-refractivity contribution in [2.45, 2.75) is 70.9 Å². The van der Waals surface area contributed by atoms with Crippen LogP contribution in [0, 0.1) is 5.92 Å². The summed E-state index contributed by atoms with van der Waals surface area (Å²) in [6, 6.07) is 9.22. The van der Waals surface area contributed by atoms with E-state index in [2.05, 4.69) is 56.9 Å². The summed E-state index contributed by atoms with van der Waals surface area (Å²) in [7, 11) is 0. The summed E-state index contributed by atoms with van der Waals surface area (Å²) in [6.45, 7) is 13.6. The zero-order valence-electron chi connectivity index (χ0n) is 15.4. The molecule has 0 N–H and O–H groups in total. The summed E-state index contributed by atoms with van der Waals surface area (Å²) in [6.07, 6.45) is 4.92. The number of nitrogens with zero attached hydrogens (tertiary/aromatic N) is 1. The number of piperidine rings is 1. The van der Waals surface area contributed by atoms with E-state index >= 15 is 0 Å². The molecule has 2 saturated heterocycles. The van der Waals surface area contributed by atoms with Crippen molar-refractivity contribution in [1.29, 1.82) is 0 Å². The molecular weight excluding hydrogens is 282 g/mol. The quantitative estimate of drug-likeness (QED) is 0.780. The lowest BCUT2D eigenvalue weighted by atomic mass is 9.80. The molecule has 0 aromatic heterocycles. The van der Waals surface area contributed by atoms with Crippen LogP contribution >= 0.6 is 0 Å². The van der Waals surface area contributed by atoms with Crippen LogP contribution in [0.1, 0.15) is 64.5 Å². The third kappa shape index (κ3) is 4.16. The standard InChI is InChI=1S/C21H33NO/c1-17-9-14-23-21(15-17)10-12-22(13-11-21)16-18-5-7-19(8-6-18)20(2,3)4/h5-8,17H,9-16H2,1-4H3. The molecule has 0 aliphatic carbocycles. The van der Waals surface area contributed by atoms with Crippen LogP contribution in [0.5, 0.6) is 0 Å². The van der Waals surface area contributed by atoms with Gasteiger partial charge in [-0.15, -0.1) is 0 Å². The van der Waals surface area contributed by atoms with Gasteiger partial charge in [0, 0.05) is 26.2 Å². The summed E-state index contributed by atoms with van der Waals surface area (Å²) >= 11 is 0. The Morgan fingerprint density at radius 2 is 1.78 bits per heavy atom. The molecule has 0 radical (unpaired) electrons. The predicted octanol–water partition coefficient (Wildman–Crippen LogP) is 4.77. The normalized spacial score (nSPS) is 25.7. The molecule has 0 amide bonds. The first kappa shape index (κ1) is 17.0. The molecule has 1 unspecified atom stereocenters. The van der Waals surface area contributed by atoms with Gasteiger partial charge >= 0.3 is 0 Å². The van der Waals surface area contributed by atoms with Crippen molar-refractivity contribution in [1.82, 2.24) is 4.90 Å². The number of likely N-dealkylation sites (tertiary alicyclic amines) is 1. The number of ether oxygens (including phenoxy) is 1. The Labute approximate surface area is 142 Å². The van der Waals surface area contributed by atoms with Crippen molar-refractivity contribution in [3.05, 3.63) is 35.4 Å². The lowest BCUT2D eigenvalue weighted by Gasteiger charge is -2.45. The summed E-state index contributed by atoms with van der Waals surface area (Å²) in [5.41, 5.74) is 3.30. The molecule has 2 heteroatoms. The molecule has 23 heavy (non-hydrogen) atoms. The minimum absolute atomic E-state index is 0.199. The molecule has 0 saturated carbocycles. The first-order chi connectivity index (χ1) is 10.9. The Kier molecular flexibility index (Phi) is 4.85. The van der Waals surface area contributed by atoms with Crippen LogP contribution in [0.15, 0.2) is 24.3 Å². The van der Waals surface area contributed by atoms with Gasteiger partial charge in [-0.1, -0.05) is 52.0 Å². The number of hydrogen-bond acceptors (Lipinski definition) is 2. The number of rotatable bonds is 2. The van der Waals surface area contributed by atoms with E-state index in [1.165, 1.54) is 49.9 Å². The molecular formula is C21H33NO. The van der Waals surface area contributed by atoms with E-state index in [0.717, 1.165) is 19.1 Å². The molecule has 3 rings (SSSR count). The van der Waals surface area contributed by atoms with E-state index in [4.69, 9.17) is 4.74 Å². The third-order valence-corrected chi connectivity index (χ3v) is 5.73. The Bertz CT molecular complexity index is 506. The van der Waals surface area contributed by atoms with Crippen LogP contribution in [0.2, 0.25) is 0 Å². The molecule has 2 heterocycles. The van der Waals surface area contributed by atoms with Crippen molar-refractivity contribution >= 4 is 0 Å². The summed E-state index contributed by atoms with van der Waals surface area (Å²) in [4.78, 5) is 2.60. The first-order valence-corrected chi connectivity index (χ1v) is 9.32. The zero-order chi connectivity index (χ0) is 16.5. The lowest BCUT2D eigenvalue weighted by molar-refractivity contribution is -0.125. The van der Waals surface area contributed by atoms with Crippen LogP contribution in [0.3, 0.4) is 0 Å². The summed E-state index contributed by atoms with van der Waals surface area (Å²) in [5.74, 6) is 0.834. The second-order valence-corrected chi connectivity index (χ2v) is 8.85. The van der Waals surface area contributed by atoms with E-state index in [9.17, 15) is 0 Å². The van der Waals surface area contributed by atoms with Crippen LogP contribution in [0.25, 0.3) is 0 Å². The van der Waals surface area contributed by atoms with Gasteiger partial charge in [0.1, 0.15) is 0 Å². The molecule has 1 aromatic rings. The van der Waals surface area contributed by atoms with Gasteiger partial charge in [0.15, 0.2) is 0 Å². The molecule has 1 atom stereocenters. The fourth-order valence-electron chi connectivity index (χ4n) is 4.11. The minimum atomic E-state index is 0.199. The smallest absolute Gasteiger partial charge is 0.0709 e. The Balaban J connectivity index is 1.54. The Morgan fingerprint density at radius 3 is 2.35 bits per heavy atom. The fraction of sp³-hybridized carbons (Fsp3) is 0.714. The van der Waals surface area contributed by atoms with E-state index in [-0.39, 0.29) is 11.0 Å². The highest BCUT2D eigenvalue weighted by Crippen LogP contribution is 2.37. The van der Waals surface area contributed by atoms with Gasteiger partial charge in [-0.3, -0.25) is 4.90 Å². The Morgan fingerprint density at radius 1 is 1.13 bits per heavy atom. The van der Waals surface area contributed by atoms with Crippen molar-refractivity contribution in [2.75, 3.05) is 19.7 Å². The van der Waals surface area contributed by atoms with E-state index < -0.39 is 0 Å². The van der Waals surface area contributed by atoms with Gasteiger partial charge in [0.2, 0.25) is 0 Å². The van der Waals surface area contributed by atoms with Crippen molar-refractivity contribution in [3.63, 3.8) is 0 Å². The van der Waals surface area contributed by atoms with Gasteiger partial charge in [-0.05, 0) is 48.1 Å². The fourth-order valence-corrected chi connectivity index (χ4v) is 4.11. The van der Waals surface area contributed by atoms with Crippen molar-refractivity contribution < 1.29 is 4.74 Å². The average molecular weight is 316 g/mol. The molecule has 128 valence electrons. The van der Waals surface area contributed by atoms with E-state index in [0.29, 0.717) is 0 Å². The maximum Gasteiger partial charge on any atom is 0.0709 e. The molecule has 2 aliphatic rings. The highest BCUT2D eigenvalue weighted by atomic mass is 16.5. The topological polar surface area (TPSA) is 12.5 Å². The molecule has 2 fully saturated rings. The number of hydrogen-bond donors (Lipinski definition) is 0. The minimum Gasteiger partial charge on any atom is -0.375 e. The van der Waals surface area contributed by atoms with Crippen molar-refractivity contribution in [2.24, 2.45) is 5.92 Å². The van der Waals surface area contributed by atoms with Gasteiger partial charge in [0.05, 0.1) is 5.60 Å². The van der Waals surface area contributed by atoms with Crippen LogP contribution < -0.4 is 0 Å². The maximum atomic E-state index is 6.20. The van der Waals surface area contributed by atoms with Crippen LogP contribution in [-0.2, 0) is 16.7 Å². The monoisotopic (exact) mass is 315 g/mol. The number of benzene rings is 1.